The third kappa shape index (κ3) is 2.55. The number of carbonyl (C=O) groups excluding carboxylic acids is 1. The lowest BCUT2D eigenvalue weighted by Crippen LogP contribution is -2.13. The van der Waals surface area contributed by atoms with Gasteiger partial charge in [-0.1, -0.05) is 17.7 Å². The number of ether oxygens (including phenoxy) is 1. The molecule has 0 aliphatic heterocycles. The van der Waals surface area contributed by atoms with Crippen LogP contribution < -0.4 is 4.74 Å². The van der Waals surface area contributed by atoms with Crippen molar-refractivity contribution >= 4 is 28.5 Å². The maximum absolute atomic E-state index is 12.5. The minimum atomic E-state index is -0.540. The van der Waals surface area contributed by atoms with Crippen molar-refractivity contribution in [3.63, 3.8) is 0 Å². The van der Waals surface area contributed by atoms with Gasteiger partial charge in [0.2, 0.25) is 5.88 Å². The van der Waals surface area contributed by atoms with Crippen molar-refractivity contribution in [3.05, 3.63) is 52.8 Å². The number of nitrogens with zero attached hydrogens (tertiary/aromatic N) is 3. The van der Waals surface area contributed by atoms with Gasteiger partial charge in [0.1, 0.15) is 5.56 Å². The Labute approximate surface area is 132 Å². The molecule has 1 aromatic carbocycles. The largest absolute Gasteiger partial charge is 0.404 e. The molecule has 3 rings (SSSR count). The Balaban J connectivity index is 2.05. The third-order valence-electron chi connectivity index (χ3n) is 3.32. The van der Waals surface area contributed by atoms with Crippen LogP contribution in [0.3, 0.4) is 0 Å². The van der Waals surface area contributed by atoms with Crippen LogP contribution in [0.1, 0.15) is 22.8 Å². The summed E-state index contributed by atoms with van der Waals surface area (Å²) in [5, 5.41) is 5.23. The number of fused-ring (bicyclic) bond motifs is 1. The standard InChI is InChI=1S/C16H14ClN3O2/c1-3-20-13(6-7-19-20)22-16(21)14-12(17)5-4-11-8-10(2)9-18-15(11)14/h4-9H,3H2,1-2H3. The van der Waals surface area contributed by atoms with Crippen molar-refractivity contribution in [2.45, 2.75) is 20.4 Å². The predicted octanol–water partition coefficient (Wildman–Crippen LogP) is 3.63. The molecule has 2 aromatic heterocycles. The molecule has 0 bridgehead atoms. The topological polar surface area (TPSA) is 57.0 Å². The van der Waals surface area contributed by atoms with E-state index in [0.29, 0.717) is 23.0 Å². The van der Waals surface area contributed by atoms with Gasteiger partial charge in [-0.3, -0.25) is 4.98 Å². The number of hydrogen-bond donors (Lipinski definition) is 0. The zero-order chi connectivity index (χ0) is 15.7. The van der Waals surface area contributed by atoms with E-state index in [1.807, 2.05) is 26.0 Å². The summed E-state index contributed by atoms with van der Waals surface area (Å²) in [5.41, 5.74) is 1.81. The second-order valence-corrected chi connectivity index (χ2v) is 5.29. The van der Waals surface area contributed by atoms with E-state index in [0.717, 1.165) is 10.9 Å². The van der Waals surface area contributed by atoms with Gasteiger partial charge < -0.3 is 4.74 Å². The van der Waals surface area contributed by atoms with Crippen molar-refractivity contribution in [1.29, 1.82) is 0 Å². The number of pyridine rings is 1. The van der Waals surface area contributed by atoms with Gasteiger partial charge in [0.05, 0.1) is 16.7 Å². The highest BCUT2D eigenvalue weighted by Gasteiger charge is 2.19. The van der Waals surface area contributed by atoms with Crippen molar-refractivity contribution in [3.8, 4) is 5.88 Å². The Hall–Kier alpha value is -2.40. The number of aryl methyl sites for hydroxylation is 2. The maximum Gasteiger partial charge on any atom is 0.348 e. The van der Waals surface area contributed by atoms with E-state index >= 15 is 0 Å². The van der Waals surface area contributed by atoms with Crippen LogP contribution in [0.2, 0.25) is 5.02 Å². The molecule has 0 amide bonds. The number of carbonyl (C=O) groups is 1. The summed E-state index contributed by atoms with van der Waals surface area (Å²) in [5.74, 6) is -0.158. The van der Waals surface area contributed by atoms with E-state index < -0.39 is 5.97 Å². The minimum absolute atomic E-state index is 0.267. The summed E-state index contributed by atoms with van der Waals surface area (Å²) in [6.45, 7) is 4.47. The Morgan fingerprint density at radius 1 is 1.36 bits per heavy atom. The molecule has 112 valence electrons. The summed E-state index contributed by atoms with van der Waals surface area (Å²) >= 11 is 6.19. The minimum Gasteiger partial charge on any atom is -0.404 e. The Morgan fingerprint density at radius 3 is 2.95 bits per heavy atom. The molecular weight excluding hydrogens is 302 g/mol. The lowest BCUT2D eigenvalue weighted by Gasteiger charge is -2.09. The fourth-order valence-electron chi connectivity index (χ4n) is 2.27. The monoisotopic (exact) mass is 315 g/mol. The van der Waals surface area contributed by atoms with E-state index in [1.54, 1.807) is 29.2 Å². The molecule has 0 radical (unpaired) electrons. The van der Waals surface area contributed by atoms with E-state index in [1.165, 1.54) is 0 Å². The first-order valence-electron chi connectivity index (χ1n) is 6.89. The summed E-state index contributed by atoms with van der Waals surface area (Å²) in [6, 6.07) is 7.10. The highest BCUT2D eigenvalue weighted by Crippen LogP contribution is 2.26. The highest BCUT2D eigenvalue weighted by molar-refractivity contribution is 6.35. The fraction of sp³-hybridized carbons (Fsp3) is 0.188. The molecule has 3 aromatic rings. The molecule has 22 heavy (non-hydrogen) atoms. The number of rotatable bonds is 3. The second-order valence-electron chi connectivity index (χ2n) is 4.88. The van der Waals surface area contributed by atoms with E-state index in [4.69, 9.17) is 16.3 Å². The van der Waals surface area contributed by atoms with Gasteiger partial charge >= 0.3 is 5.97 Å². The number of esters is 1. The first kappa shape index (κ1) is 14.5. The van der Waals surface area contributed by atoms with Gasteiger partial charge in [0.15, 0.2) is 0 Å². The molecule has 0 spiro atoms. The van der Waals surface area contributed by atoms with Gasteiger partial charge in [0.25, 0.3) is 0 Å². The summed E-state index contributed by atoms with van der Waals surface area (Å²) in [7, 11) is 0. The lowest BCUT2D eigenvalue weighted by atomic mass is 10.1. The van der Waals surface area contributed by atoms with Crippen molar-refractivity contribution in [2.24, 2.45) is 0 Å². The predicted molar refractivity (Wildman–Crippen MR) is 84.3 cm³/mol. The molecule has 2 heterocycles. The van der Waals surface area contributed by atoms with Crippen LogP contribution in [0.25, 0.3) is 10.9 Å². The summed E-state index contributed by atoms with van der Waals surface area (Å²) < 4.78 is 7.01. The van der Waals surface area contributed by atoms with Crippen molar-refractivity contribution in [1.82, 2.24) is 14.8 Å². The van der Waals surface area contributed by atoms with E-state index in [2.05, 4.69) is 10.1 Å². The van der Waals surface area contributed by atoms with E-state index in [-0.39, 0.29) is 5.56 Å². The van der Waals surface area contributed by atoms with Gasteiger partial charge in [-0.15, -0.1) is 0 Å². The SMILES string of the molecule is CCn1nccc1OC(=O)c1c(Cl)ccc2cc(C)cnc12. The Morgan fingerprint density at radius 2 is 2.18 bits per heavy atom. The van der Waals surface area contributed by atoms with Crippen LogP contribution in [0, 0.1) is 6.92 Å². The highest BCUT2D eigenvalue weighted by atomic mass is 35.5. The third-order valence-corrected chi connectivity index (χ3v) is 3.63. The average molecular weight is 316 g/mol. The molecular formula is C16H14ClN3O2. The molecule has 0 N–H and O–H groups in total. The van der Waals surface area contributed by atoms with Gasteiger partial charge in [-0.25, -0.2) is 9.48 Å². The van der Waals surface area contributed by atoms with Crippen LogP contribution in [-0.2, 0) is 6.54 Å². The maximum atomic E-state index is 12.5. The smallest absolute Gasteiger partial charge is 0.348 e. The normalized spacial score (nSPS) is 10.9. The van der Waals surface area contributed by atoms with Crippen LogP contribution in [0.4, 0.5) is 0 Å². The van der Waals surface area contributed by atoms with Gasteiger partial charge in [-0.05, 0) is 31.5 Å². The summed E-state index contributed by atoms with van der Waals surface area (Å²) in [6.07, 6.45) is 3.28. The Kier molecular flexibility index (Phi) is 3.81. The number of halogens is 1. The van der Waals surface area contributed by atoms with Gasteiger partial charge in [0, 0.05) is 24.2 Å². The van der Waals surface area contributed by atoms with Crippen molar-refractivity contribution < 1.29 is 9.53 Å². The fourth-order valence-corrected chi connectivity index (χ4v) is 2.50. The molecule has 0 atom stereocenters. The van der Waals surface area contributed by atoms with Crippen LogP contribution in [-0.4, -0.2) is 20.7 Å². The first-order chi connectivity index (χ1) is 10.6. The van der Waals surface area contributed by atoms with Crippen LogP contribution >= 0.6 is 11.6 Å². The molecule has 0 saturated carbocycles. The summed E-state index contributed by atoms with van der Waals surface area (Å²) in [4.78, 5) is 16.8. The van der Waals surface area contributed by atoms with Gasteiger partial charge in [-0.2, -0.15) is 5.10 Å². The molecule has 5 nitrogen and oxygen atoms in total. The first-order valence-corrected chi connectivity index (χ1v) is 7.26. The molecule has 0 fully saturated rings. The van der Waals surface area contributed by atoms with E-state index in [9.17, 15) is 4.79 Å². The molecule has 6 heteroatoms. The van der Waals surface area contributed by atoms with Crippen LogP contribution in [0.15, 0.2) is 36.7 Å². The number of aromatic nitrogens is 3. The van der Waals surface area contributed by atoms with Crippen LogP contribution in [0.5, 0.6) is 5.88 Å². The zero-order valence-corrected chi connectivity index (χ0v) is 13.0. The molecule has 0 saturated heterocycles. The second kappa shape index (κ2) is 5.77. The average Bonchev–Trinajstić information content (AvgIpc) is 2.94. The molecule has 0 aliphatic carbocycles. The number of hydrogen-bond acceptors (Lipinski definition) is 4. The number of benzene rings is 1. The molecule has 0 aliphatic rings. The molecule has 0 unspecified atom stereocenters. The lowest BCUT2D eigenvalue weighted by molar-refractivity contribution is 0.0720. The Bertz CT molecular complexity index is 858. The quantitative estimate of drug-likeness (QED) is 0.692. The zero-order valence-electron chi connectivity index (χ0n) is 12.2. The van der Waals surface area contributed by atoms with Crippen molar-refractivity contribution in [2.75, 3.05) is 0 Å².